The fraction of sp³-hybridized carbons (Fsp3) is 0.438. The lowest BCUT2D eigenvalue weighted by Crippen LogP contribution is -2.38. The topological polar surface area (TPSA) is 51.0 Å². The van der Waals surface area contributed by atoms with Crippen LogP contribution in [0.15, 0.2) is 35.5 Å². The van der Waals surface area contributed by atoms with Gasteiger partial charge in [0.2, 0.25) is 0 Å². The van der Waals surface area contributed by atoms with Crippen LogP contribution in [0.25, 0.3) is 0 Å². The molecule has 106 valence electrons. The molecule has 1 aliphatic rings. The van der Waals surface area contributed by atoms with Crippen molar-refractivity contribution in [2.45, 2.75) is 38.8 Å². The normalized spacial score (nSPS) is 24.4. The van der Waals surface area contributed by atoms with Gasteiger partial charge in [-0.3, -0.25) is 0 Å². The lowest BCUT2D eigenvalue weighted by atomic mass is 9.96. The largest absolute Gasteiger partial charge is 0.388 e. The van der Waals surface area contributed by atoms with Gasteiger partial charge >= 0.3 is 0 Å². The van der Waals surface area contributed by atoms with Crippen LogP contribution >= 0.6 is 0 Å². The molecule has 0 unspecified atom stereocenters. The summed E-state index contributed by atoms with van der Waals surface area (Å²) in [5.74, 6) is 2.35. The first-order valence-electron chi connectivity index (χ1n) is 6.66. The van der Waals surface area contributed by atoms with Crippen molar-refractivity contribution in [2.24, 2.45) is 11.1 Å². The van der Waals surface area contributed by atoms with Gasteiger partial charge in [0.05, 0.1) is 18.6 Å². The molecule has 0 radical (unpaired) electrons. The van der Waals surface area contributed by atoms with E-state index in [-0.39, 0.29) is 12.0 Å². The number of rotatable bonds is 5. The Morgan fingerprint density at radius 3 is 2.75 bits per heavy atom. The van der Waals surface area contributed by atoms with Gasteiger partial charge in [-0.15, -0.1) is 6.42 Å². The molecule has 0 spiro atoms. The van der Waals surface area contributed by atoms with Crippen LogP contribution in [0.2, 0.25) is 0 Å². The van der Waals surface area contributed by atoms with Gasteiger partial charge in [-0.2, -0.15) is 0 Å². The molecule has 0 saturated carbocycles. The highest BCUT2D eigenvalue weighted by Gasteiger charge is 2.38. The molecule has 0 aromatic heterocycles. The van der Waals surface area contributed by atoms with Crippen molar-refractivity contribution in [3.05, 3.63) is 35.9 Å². The van der Waals surface area contributed by atoms with Gasteiger partial charge < -0.3 is 14.7 Å². The molecule has 0 fully saturated rings. The molecule has 1 heterocycles. The second-order valence-electron chi connectivity index (χ2n) is 4.93. The maximum atomic E-state index is 10.2. The molecule has 0 aliphatic carbocycles. The summed E-state index contributed by atoms with van der Waals surface area (Å²) in [6, 6.07) is 9.84. The minimum absolute atomic E-state index is 0.201. The van der Waals surface area contributed by atoms with Crippen LogP contribution in [0.1, 0.15) is 19.4 Å². The van der Waals surface area contributed by atoms with Crippen molar-refractivity contribution in [1.82, 2.24) is 0 Å². The van der Waals surface area contributed by atoms with Gasteiger partial charge in [0.1, 0.15) is 11.8 Å². The summed E-state index contributed by atoms with van der Waals surface area (Å²) in [6.07, 6.45) is 3.73. The summed E-state index contributed by atoms with van der Waals surface area (Å²) in [5.41, 5.74) is 1.56. The predicted octanol–water partition coefficient (Wildman–Crippen LogP) is 1.98. The summed E-state index contributed by atoms with van der Waals surface area (Å²) in [6.45, 7) is 4.13. The number of hydrogen-bond donors (Lipinski definition) is 1. The molecule has 0 amide bonds. The number of ether oxygens (including phenoxy) is 1. The highest BCUT2D eigenvalue weighted by atomic mass is 16.7. The van der Waals surface area contributed by atoms with Crippen LogP contribution in [-0.4, -0.2) is 29.1 Å². The fourth-order valence-electron chi connectivity index (χ4n) is 2.06. The Labute approximate surface area is 119 Å². The molecule has 0 bridgehead atoms. The minimum atomic E-state index is -0.813. The Morgan fingerprint density at radius 1 is 1.40 bits per heavy atom. The van der Waals surface area contributed by atoms with E-state index in [1.54, 1.807) is 0 Å². The van der Waals surface area contributed by atoms with Crippen molar-refractivity contribution in [1.29, 1.82) is 0 Å². The van der Waals surface area contributed by atoms with Gasteiger partial charge in [-0.1, -0.05) is 41.4 Å². The van der Waals surface area contributed by atoms with E-state index in [2.05, 4.69) is 11.1 Å². The summed E-state index contributed by atoms with van der Waals surface area (Å²) >= 11 is 0. The molecule has 4 heteroatoms. The first-order valence-corrected chi connectivity index (χ1v) is 6.66. The van der Waals surface area contributed by atoms with E-state index in [0.717, 1.165) is 5.56 Å². The maximum Gasteiger partial charge on any atom is 0.172 e. The van der Waals surface area contributed by atoms with Crippen LogP contribution in [0.3, 0.4) is 0 Å². The summed E-state index contributed by atoms with van der Waals surface area (Å²) in [4.78, 5) is 5.22. The highest BCUT2D eigenvalue weighted by molar-refractivity contribution is 5.93. The van der Waals surface area contributed by atoms with E-state index in [1.165, 1.54) is 0 Å². The van der Waals surface area contributed by atoms with Gasteiger partial charge in [0.25, 0.3) is 0 Å². The molecule has 20 heavy (non-hydrogen) atoms. The molecule has 4 nitrogen and oxygen atoms in total. The van der Waals surface area contributed by atoms with Crippen molar-refractivity contribution in [3.8, 4) is 12.3 Å². The van der Waals surface area contributed by atoms with Crippen LogP contribution < -0.4 is 0 Å². The van der Waals surface area contributed by atoms with Crippen LogP contribution in [0.5, 0.6) is 0 Å². The average Bonchev–Trinajstić information content (AvgIpc) is 2.87. The number of hydrogen-bond acceptors (Lipinski definition) is 4. The predicted molar refractivity (Wildman–Crippen MR) is 77.0 cm³/mol. The van der Waals surface area contributed by atoms with Gasteiger partial charge in [-0.05, 0) is 19.4 Å². The number of oxime groups is 1. The molecule has 2 rings (SSSR count). The highest BCUT2D eigenvalue weighted by Crippen LogP contribution is 2.22. The summed E-state index contributed by atoms with van der Waals surface area (Å²) < 4.78 is 5.72. The standard InChI is InChI=1S/C16H19NO3/c1-4-11(2)16-15(18)14(17-20-16)12(3)19-10-13-8-6-5-7-9-13/h1,5-9,11-12,15-16,18H,10H2,2-3H3/t11-,12-,15-,16-/m1/s1. The number of aliphatic hydroxyl groups is 1. The quantitative estimate of drug-likeness (QED) is 0.835. The number of terminal acetylenes is 1. The molecular weight excluding hydrogens is 254 g/mol. The molecular formula is C16H19NO3. The minimum Gasteiger partial charge on any atom is -0.388 e. The average molecular weight is 273 g/mol. The van der Waals surface area contributed by atoms with Crippen molar-refractivity contribution in [3.63, 3.8) is 0 Å². The second kappa shape index (κ2) is 6.56. The Morgan fingerprint density at radius 2 is 2.10 bits per heavy atom. The van der Waals surface area contributed by atoms with E-state index >= 15 is 0 Å². The van der Waals surface area contributed by atoms with Gasteiger partial charge in [-0.25, -0.2) is 0 Å². The zero-order chi connectivity index (χ0) is 14.5. The Hall–Kier alpha value is -1.83. The van der Waals surface area contributed by atoms with Gasteiger partial charge in [0.15, 0.2) is 6.10 Å². The fourth-order valence-corrected chi connectivity index (χ4v) is 2.06. The van der Waals surface area contributed by atoms with Crippen LogP contribution in [0, 0.1) is 18.3 Å². The second-order valence-corrected chi connectivity index (χ2v) is 4.93. The molecule has 1 aromatic rings. The Kier molecular flexibility index (Phi) is 4.78. The molecule has 1 N–H and O–H groups in total. The maximum absolute atomic E-state index is 10.2. The number of aliphatic hydroxyl groups excluding tert-OH is 1. The molecule has 1 aromatic carbocycles. The summed E-state index contributed by atoms with van der Waals surface area (Å²) in [5, 5.41) is 14.1. The lowest BCUT2D eigenvalue weighted by molar-refractivity contribution is 0.00113. The number of nitrogens with zero attached hydrogens (tertiary/aromatic N) is 1. The zero-order valence-electron chi connectivity index (χ0n) is 11.7. The molecule has 0 saturated heterocycles. The van der Waals surface area contributed by atoms with Crippen LogP contribution in [-0.2, 0) is 16.2 Å². The number of benzene rings is 1. The van der Waals surface area contributed by atoms with Crippen LogP contribution in [0.4, 0.5) is 0 Å². The Bertz CT molecular complexity index is 506. The first-order chi connectivity index (χ1) is 9.63. The van der Waals surface area contributed by atoms with E-state index in [1.807, 2.05) is 44.2 Å². The molecule has 4 atom stereocenters. The third-order valence-electron chi connectivity index (χ3n) is 3.41. The van der Waals surface area contributed by atoms with Crippen molar-refractivity contribution < 1.29 is 14.7 Å². The van der Waals surface area contributed by atoms with Crippen molar-refractivity contribution in [2.75, 3.05) is 0 Å². The SMILES string of the molecule is C#C[C@@H](C)[C@H]1ON=C([C@@H](C)OCc2ccccc2)[C@H]1O. The van der Waals surface area contributed by atoms with E-state index in [0.29, 0.717) is 12.3 Å². The van der Waals surface area contributed by atoms with Gasteiger partial charge in [0, 0.05) is 0 Å². The van der Waals surface area contributed by atoms with Crippen molar-refractivity contribution >= 4 is 5.71 Å². The third kappa shape index (κ3) is 3.19. The molecule has 1 aliphatic heterocycles. The smallest absolute Gasteiger partial charge is 0.172 e. The van der Waals surface area contributed by atoms with E-state index in [4.69, 9.17) is 16.0 Å². The zero-order valence-corrected chi connectivity index (χ0v) is 11.7. The summed E-state index contributed by atoms with van der Waals surface area (Å²) in [7, 11) is 0. The monoisotopic (exact) mass is 273 g/mol. The lowest BCUT2D eigenvalue weighted by Gasteiger charge is -2.19. The first kappa shape index (κ1) is 14.6. The van der Waals surface area contributed by atoms with E-state index < -0.39 is 12.2 Å². The van der Waals surface area contributed by atoms with E-state index in [9.17, 15) is 5.11 Å². The third-order valence-corrected chi connectivity index (χ3v) is 3.41. The Balaban J connectivity index is 1.91.